The summed E-state index contributed by atoms with van der Waals surface area (Å²) in [6.45, 7) is 0.788. The predicted octanol–water partition coefficient (Wildman–Crippen LogP) is 4.38. The molecule has 39 heavy (non-hydrogen) atoms. The van der Waals surface area contributed by atoms with Crippen molar-refractivity contribution >= 4 is 44.3 Å². The summed E-state index contributed by atoms with van der Waals surface area (Å²) in [4.78, 5) is 19.6. The molecule has 3 aromatic heterocycles. The average Bonchev–Trinajstić information content (AvgIpc) is 3.61. The minimum Gasteiger partial charge on any atom is -0.386 e. The summed E-state index contributed by atoms with van der Waals surface area (Å²) in [6.07, 6.45) is 4.07. The van der Waals surface area contributed by atoms with Gasteiger partial charge >= 0.3 is 0 Å². The van der Waals surface area contributed by atoms with Crippen LogP contribution in [0.4, 0.5) is 4.39 Å². The molecule has 1 aliphatic rings. The zero-order chi connectivity index (χ0) is 27.3. The first-order valence-electron chi connectivity index (χ1n) is 12.3. The first-order chi connectivity index (χ1) is 18.7. The molecule has 2 aromatic carbocycles. The summed E-state index contributed by atoms with van der Waals surface area (Å²) in [5, 5.41) is 20.7. The Kier molecular flexibility index (Phi) is 6.52. The lowest BCUT2D eigenvalue weighted by molar-refractivity contribution is -0.0858. The van der Waals surface area contributed by atoms with Gasteiger partial charge in [-0.3, -0.25) is 4.79 Å². The topological polar surface area (TPSA) is 94.0 Å². The molecule has 5 aromatic rings. The molecular weight excluding hydrogens is 589 g/mol. The van der Waals surface area contributed by atoms with Gasteiger partial charge in [0, 0.05) is 18.0 Å². The Morgan fingerprint density at radius 1 is 1.21 bits per heavy atom. The van der Waals surface area contributed by atoms with Crippen molar-refractivity contribution < 1.29 is 14.3 Å². The van der Waals surface area contributed by atoms with E-state index in [-0.39, 0.29) is 24.7 Å². The van der Waals surface area contributed by atoms with E-state index in [4.69, 9.17) is 11.6 Å². The number of imidazole rings is 1. The van der Waals surface area contributed by atoms with Crippen LogP contribution in [0.15, 0.2) is 65.4 Å². The van der Waals surface area contributed by atoms with Gasteiger partial charge in [0.25, 0.3) is 5.91 Å². The average molecular weight is 613 g/mol. The zero-order valence-corrected chi connectivity index (χ0v) is 23.3. The largest absolute Gasteiger partial charge is 0.386 e. The molecule has 0 bridgehead atoms. The Hall–Kier alpha value is -3.54. The molecule has 0 radical (unpaired) electrons. The smallest absolute Gasteiger partial charge is 0.270 e. The van der Waals surface area contributed by atoms with E-state index in [1.165, 1.54) is 4.68 Å². The Labute approximate surface area is 236 Å². The number of likely N-dealkylation sites (tertiary alicyclic amines) is 1. The molecule has 9 nitrogen and oxygen atoms in total. The number of carbonyl (C=O) groups is 1. The molecule has 1 fully saturated rings. The van der Waals surface area contributed by atoms with Crippen molar-refractivity contribution in [1.29, 1.82) is 0 Å². The highest BCUT2D eigenvalue weighted by molar-refractivity contribution is 9.10. The maximum atomic E-state index is 14.4. The SMILES string of the molecule is Cn1c(Cl)cnc1Cn1c(C(=O)N2CC(O)(CCc3cn(-c4cccc(Br)c4F)nn3)C2)cc2ccccc21. The van der Waals surface area contributed by atoms with Gasteiger partial charge in [0.05, 0.1) is 42.2 Å². The number of amides is 1. The molecule has 0 unspecified atom stereocenters. The van der Waals surface area contributed by atoms with Crippen molar-refractivity contribution in [3.05, 3.63) is 93.6 Å². The minimum absolute atomic E-state index is 0.160. The number of aryl methyl sites for hydroxylation is 1. The maximum Gasteiger partial charge on any atom is 0.270 e. The molecule has 0 spiro atoms. The van der Waals surface area contributed by atoms with Gasteiger partial charge in [-0.2, -0.15) is 0 Å². The number of halogens is 3. The monoisotopic (exact) mass is 611 g/mol. The first kappa shape index (κ1) is 25.7. The van der Waals surface area contributed by atoms with Crippen LogP contribution < -0.4 is 0 Å². The molecule has 1 amide bonds. The van der Waals surface area contributed by atoms with Crippen molar-refractivity contribution in [2.45, 2.75) is 25.0 Å². The normalized spacial score (nSPS) is 14.6. The van der Waals surface area contributed by atoms with Crippen LogP contribution in [0.2, 0.25) is 5.15 Å². The van der Waals surface area contributed by atoms with Gasteiger partial charge in [-0.05, 0) is 53.0 Å². The molecule has 0 aliphatic carbocycles. The number of benzene rings is 2. The summed E-state index contributed by atoms with van der Waals surface area (Å²) >= 11 is 9.36. The standard InChI is InChI=1S/C27H24BrClFN7O2/c1-34-23(29)12-31-24(34)14-36-20-7-3-2-5-17(20)11-22(36)26(38)35-15-27(39,16-35)10-9-18-13-37(33-32-18)21-8-4-6-19(28)25(21)30/h2-8,11-13,39H,9-10,14-16H2,1H3. The van der Waals surface area contributed by atoms with Gasteiger partial charge in [-0.25, -0.2) is 14.1 Å². The van der Waals surface area contributed by atoms with E-state index >= 15 is 0 Å². The molecule has 6 rings (SSSR count). The number of hydrogen-bond acceptors (Lipinski definition) is 5. The van der Waals surface area contributed by atoms with Gasteiger partial charge in [-0.1, -0.05) is 41.1 Å². The number of aliphatic hydroxyl groups is 1. The van der Waals surface area contributed by atoms with Gasteiger partial charge < -0.3 is 19.1 Å². The van der Waals surface area contributed by atoms with E-state index in [0.29, 0.717) is 40.4 Å². The number of para-hydroxylation sites is 1. The quantitative estimate of drug-likeness (QED) is 0.295. The van der Waals surface area contributed by atoms with E-state index in [1.807, 2.05) is 41.9 Å². The summed E-state index contributed by atoms with van der Waals surface area (Å²) in [7, 11) is 1.83. The van der Waals surface area contributed by atoms with Crippen molar-refractivity contribution in [2.75, 3.05) is 13.1 Å². The molecule has 1 saturated heterocycles. The van der Waals surface area contributed by atoms with E-state index < -0.39 is 11.4 Å². The van der Waals surface area contributed by atoms with Gasteiger partial charge in [0.2, 0.25) is 0 Å². The van der Waals surface area contributed by atoms with Crippen LogP contribution in [0.1, 0.15) is 28.4 Å². The molecule has 12 heteroatoms. The van der Waals surface area contributed by atoms with E-state index in [1.54, 1.807) is 40.1 Å². The fourth-order valence-electron chi connectivity index (χ4n) is 4.96. The third-order valence-electron chi connectivity index (χ3n) is 7.18. The summed E-state index contributed by atoms with van der Waals surface area (Å²) in [5.74, 6) is 0.141. The van der Waals surface area contributed by atoms with Crippen LogP contribution >= 0.6 is 27.5 Å². The second-order valence-electron chi connectivity index (χ2n) is 9.84. The molecular formula is C27H24BrClFN7O2. The van der Waals surface area contributed by atoms with Crippen molar-refractivity contribution in [2.24, 2.45) is 7.05 Å². The number of nitrogens with zero attached hydrogens (tertiary/aromatic N) is 7. The zero-order valence-electron chi connectivity index (χ0n) is 20.9. The van der Waals surface area contributed by atoms with Gasteiger partial charge in [0.1, 0.15) is 28.0 Å². The molecule has 0 atom stereocenters. The molecule has 1 aliphatic heterocycles. The van der Waals surface area contributed by atoms with E-state index in [0.717, 1.165) is 16.7 Å². The first-order valence-corrected chi connectivity index (χ1v) is 13.5. The Morgan fingerprint density at radius 2 is 2.00 bits per heavy atom. The molecule has 200 valence electrons. The highest BCUT2D eigenvalue weighted by Crippen LogP contribution is 2.30. The second-order valence-corrected chi connectivity index (χ2v) is 11.1. The number of β-amino-alcohol motifs (C(OH)–C–C–N with tert-alkyl or cyclic N) is 1. The van der Waals surface area contributed by atoms with Crippen molar-refractivity contribution in [3.63, 3.8) is 0 Å². The van der Waals surface area contributed by atoms with Crippen molar-refractivity contribution in [3.8, 4) is 5.69 Å². The van der Waals surface area contributed by atoms with E-state index in [2.05, 4.69) is 31.2 Å². The van der Waals surface area contributed by atoms with Crippen LogP contribution in [0.3, 0.4) is 0 Å². The maximum absolute atomic E-state index is 14.4. The second kappa shape index (κ2) is 9.89. The lowest BCUT2D eigenvalue weighted by Gasteiger charge is -2.46. The summed E-state index contributed by atoms with van der Waals surface area (Å²) < 4.78 is 19.9. The van der Waals surface area contributed by atoms with Crippen LogP contribution in [-0.4, -0.2) is 63.7 Å². The number of fused-ring (bicyclic) bond motifs is 1. The molecule has 1 N–H and O–H groups in total. The van der Waals surface area contributed by atoms with Gasteiger partial charge in [0.15, 0.2) is 5.82 Å². The highest BCUT2D eigenvalue weighted by Gasteiger charge is 2.44. The third kappa shape index (κ3) is 4.75. The predicted molar refractivity (Wildman–Crippen MR) is 147 cm³/mol. The highest BCUT2D eigenvalue weighted by atomic mass is 79.9. The number of hydrogen-bond donors (Lipinski definition) is 1. The van der Waals surface area contributed by atoms with E-state index in [9.17, 15) is 14.3 Å². The van der Waals surface area contributed by atoms with Gasteiger partial charge in [-0.15, -0.1) is 5.10 Å². The van der Waals surface area contributed by atoms with Crippen LogP contribution in [0, 0.1) is 5.82 Å². The Bertz CT molecular complexity index is 1710. The summed E-state index contributed by atoms with van der Waals surface area (Å²) in [6, 6.07) is 14.6. The van der Waals surface area contributed by atoms with Crippen LogP contribution in [0.5, 0.6) is 0 Å². The molecule has 4 heterocycles. The Balaban J connectivity index is 1.15. The van der Waals surface area contributed by atoms with Crippen LogP contribution in [0.25, 0.3) is 16.6 Å². The number of carbonyl (C=O) groups excluding carboxylic acids is 1. The van der Waals surface area contributed by atoms with Crippen molar-refractivity contribution in [1.82, 2.24) is 34.0 Å². The fourth-order valence-corrected chi connectivity index (χ4v) is 5.46. The minimum atomic E-state index is -1.04. The lowest BCUT2D eigenvalue weighted by atomic mass is 9.88. The Morgan fingerprint density at radius 3 is 2.77 bits per heavy atom. The summed E-state index contributed by atoms with van der Waals surface area (Å²) in [5.41, 5.74) is 1.31. The number of rotatable bonds is 7. The van der Waals surface area contributed by atoms with Crippen LogP contribution in [-0.2, 0) is 20.0 Å². The molecule has 0 saturated carbocycles. The lowest BCUT2D eigenvalue weighted by Crippen LogP contribution is -2.63. The fraction of sp³-hybridized carbons (Fsp3) is 0.259. The number of aromatic nitrogens is 6. The third-order valence-corrected chi connectivity index (χ3v) is 8.14.